The van der Waals surface area contributed by atoms with Crippen LogP contribution in [0.4, 0.5) is 11.6 Å². The molecule has 0 aliphatic carbocycles. The van der Waals surface area contributed by atoms with Gasteiger partial charge in [0.25, 0.3) is 0 Å². The van der Waals surface area contributed by atoms with Crippen molar-refractivity contribution in [3.05, 3.63) is 12.4 Å². The number of hydrogen-bond donors (Lipinski definition) is 1. The number of aromatic nitrogens is 2. The topological polar surface area (TPSA) is 58.3 Å². The van der Waals surface area contributed by atoms with Crippen LogP contribution in [0.1, 0.15) is 12.8 Å². The summed E-state index contributed by atoms with van der Waals surface area (Å²) in [4.78, 5) is 12.9. The van der Waals surface area contributed by atoms with E-state index in [9.17, 15) is 0 Å². The Balaban J connectivity index is 1.91. The highest BCUT2D eigenvalue weighted by atomic mass is 15.2. The first-order valence-corrected chi connectivity index (χ1v) is 6.12. The highest BCUT2D eigenvalue weighted by Gasteiger charge is 2.20. The van der Waals surface area contributed by atoms with Gasteiger partial charge in [0.2, 0.25) is 0 Å². The maximum atomic E-state index is 5.65. The Bertz CT molecular complexity index is 358. The molecule has 1 aliphatic rings. The summed E-state index contributed by atoms with van der Waals surface area (Å²) in [5.41, 5.74) is 5.65. The third-order valence-corrected chi connectivity index (χ3v) is 3.20. The number of anilines is 2. The molecule has 1 fully saturated rings. The van der Waals surface area contributed by atoms with Crippen LogP contribution in [-0.4, -0.2) is 48.6 Å². The Hall–Kier alpha value is -1.36. The van der Waals surface area contributed by atoms with Crippen LogP contribution < -0.4 is 10.6 Å². The predicted octanol–water partition coefficient (Wildman–Crippen LogP) is 0.837. The average Bonchev–Trinajstić information content (AvgIpc) is 2.29. The fourth-order valence-electron chi connectivity index (χ4n) is 2.38. The molecule has 0 saturated carbocycles. The van der Waals surface area contributed by atoms with Gasteiger partial charge in [0, 0.05) is 19.6 Å². The molecule has 1 aliphatic heterocycles. The van der Waals surface area contributed by atoms with E-state index in [0.29, 0.717) is 5.82 Å². The Morgan fingerprint density at radius 2 is 2.06 bits per heavy atom. The molecular weight excluding hydrogens is 214 g/mol. The van der Waals surface area contributed by atoms with Crippen LogP contribution in [0.2, 0.25) is 0 Å². The molecule has 2 heterocycles. The van der Waals surface area contributed by atoms with Crippen molar-refractivity contribution in [1.82, 2.24) is 14.9 Å². The minimum absolute atomic E-state index is 0.498. The smallest absolute Gasteiger partial charge is 0.149 e. The van der Waals surface area contributed by atoms with Gasteiger partial charge in [-0.3, -0.25) is 4.98 Å². The second kappa shape index (κ2) is 5.31. The zero-order valence-electron chi connectivity index (χ0n) is 10.6. The van der Waals surface area contributed by atoms with Gasteiger partial charge in [-0.25, -0.2) is 4.98 Å². The molecule has 0 bridgehead atoms. The fraction of sp³-hybridized carbons (Fsp3) is 0.667. The fourth-order valence-corrected chi connectivity index (χ4v) is 2.38. The van der Waals surface area contributed by atoms with Crippen LogP contribution in [0.15, 0.2) is 12.4 Å². The van der Waals surface area contributed by atoms with E-state index in [1.165, 1.54) is 19.4 Å². The van der Waals surface area contributed by atoms with Gasteiger partial charge in [-0.05, 0) is 32.9 Å². The summed E-state index contributed by atoms with van der Waals surface area (Å²) in [5.74, 6) is 2.21. The van der Waals surface area contributed by atoms with Crippen molar-refractivity contribution >= 4 is 11.6 Å². The van der Waals surface area contributed by atoms with Crippen LogP contribution in [0.3, 0.4) is 0 Å². The van der Waals surface area contributed by atoms with Gasteiger partial charge in [0.05, 0.1) is 12.4 Å². The molecule has 5 heteroatoms. The number of rotatable bonds is 3. The molecule has 1 aromatic rings. The molecule has 5 nitrogen and oxygen atoms in total. The lowest BCUT2D eigenvalue weighted by molar-refractivity contribution is 0.284. The van der Waals surface area contributed by atoms with Gasteiger partial charge in [0.1, 0.15) is 11.6 Å². The summed E-state index contributed by atoms with van der Waals surface area (Å²) >= 11 is 0. The van der Waals surface area contributed by atoms with E-state index in [0.717, 1.165) is 24.8 Å². The summed E-state index contributed by atoms with van der Waals surface area (Å²) in [7, 11) is 4.27. The zero-order valence-corrected chi connectivity index (χ0v) is 10.6. The summed E-state index contributed by atoms with van der Waals surface area (Å²) in [6.45, 7) is 3.28. The van der Waals surface area contributed by atoms with Crippen LogP contribution >= 0.6 is 0 Å². The standard InChI is InChI=1S/C12H21N5/c1-16(2)9-10-3-5-17(6-4-10)12-8-14-7-11(13)15-12/h7-8,10H,3-6,9H2,1-2H3,(H2,13,15). The number of nitrogens with two attached hydrogens (primary N) is 1. The molecule has 2 N–H and O–H groups in total. The van der Waals surface area contributed by atoms with E-state index in [2.05, 4.69) is 33.9 Å². The first kappa shape index (κ1) is 12.1. The van der Waals surface area contributed by atoms with Gasteiger partial charge in [-0.15, -0.1) is 0 Å². The maximum Gasteiger partial charge on any atom is 0.149 e. The van der Waals surface area contributed by atoms with Crippen molar-refractivity contribution in [1.29, 1.82) is 0 Å². The van der Waals surface area contributed by atoms with E-state index < -0.39 is 0 Å². The second-order valence-electron chi connectivity index (χ2n) is 4.99. The van der Waals surface area contributed by atoms with Crippen LogP contribution in [0.5, 0.6) is 0 Å². The van der Waals surface area contributed by atoms with Gasteiger partial charge in [-0.1, -0.05) is 0 Å². The molecular formula is C12H21N5. The molecule has 0 unspecified atom stereocenters. The lowest BCUT2D eigenvalue weighted by Gasteiger charge is -2.33. The minimum Gasteiger partial charge on any atom is -0.382 e. The third-order valence-electron chi connectivity index (χ3n) is 3.20. The molecule has 2 rings (SSSR count). The maximum absolute atomic E-state index is 5.65. The molecule has 94 valence electrons. The second-order valence-corrected chi connectivity index (χ2v) is 4.99. The van der Waals surface area contributed by atoms with Gasteiger partial charge in [-0.2, -0.15) is 0 Å². The molecule has 1 saturated heterocycles. The first-order chi connectivity index (χ1) is 8.15. The summed E-state index contributed by atoms with van der Waals surface area (Å²) in [6.07, 6.45) is 5.81. The van der Waals surface area contributed by atoms with Gasteiger partial charge in [0.15, 0.2) is 0 Å². The van der Waals surface area contributed by atoms with Crippen LogP contribution in [0, 0.1) is 5.92 Å². The molecule has 0 amide bonds. The third kappa shape index (κ3) is 3.30. The largest absolute Gasteiger partial charge is 0.382 e. The van der Waals surface area contributed by atoms with Crippen molar-refractivity contribution in [2.75, 3.05) is 44.4 Å². The highest BCUT2D eigenvalue weighted by Crippen LogP contribution is 2.21. The van der Waals surface area contributed by atoms with Crippen LogP contribution in [-0.2, 0) is 0 Å². The number of hydrogen-bond acceptors (Lipinski definition) is 5. The van der Waals surface area contributed by atoms with E-state index in [4.69, 9.17) is 5.73 Å². The number of piperidine rings is 1. The Morgan fingerprint density at radius 3 is 2.65 bits per heavy atom. The Morgan fingerprint density at radius 1 is 1.35 bits per heavy atom. The average molecular weight is 235 g/mol. The number of nitrogens with zero attached hydrogens (tertiary/aromatic N) is 4. The van der Waals surface area contributed by atoms with E-state index >= 15 is 0 Å². The summed E-state index contributed by atoms with van der Waals surface area (Å²) < 4.78 is 0. The molecule has 0 atom stereocenters. The predicted molar refractivity (Wildman–Crippen MR) is 69.9 cm³/mol. The summed E-state index contributed by atoms with van der Waals surface area (Å²) in [6, 6.07) is 0. The Labute approximate surface area is 103 Å². The van der Waals surface area contributed by atoms with Crippen molar-refractivity contribution in [3.8, 4) is 0 Å². The van der Waals surface area contributed by atoms with E-state index in [-0.39, 0.29) is 0 Å². The van der Waals surface area contributed by atoms with Crippen molar-refractivity contribution < 1.29 is 0 Å². The normalized spacial score (nSPS) is 17.7. The van der Waals surface area contributed by atoms with Crippen molar-refractivity contribution in [2.45, 2.75) is 12.8 Å². The highest BCUT2D eigenvalue weighted by molar-refractivity contribution is 5.41. The van der Waals surface area contributed by atoms with Gasteiger partial charge >= 0.3 is 0 Å². The molecule has 0 spiro atoms. The van der Waals surface area contributed by atoms with Gasteiger partial charge < -0.3 is 15.5 Å². The minimum atomic E-state index is 0.498. The van der Waals surface area contributed by atoms with Crippen LogP contribution in [0.25, 0.3) is 0 Å². The lowest BCUT2D eigenvalue weighted by Crippen LogP contribution is -2.37. The zero-order chi connectivity index (χ0) is 12.3. The molecule has 0 aromatic carbocycles. The monoisotopic (exact) mass is 235 g/mol. The first-order valence-electron chi connectivity index (χ1n) is 6.12. The Kier molecular flexibility index (Phi) is 3.78. The van der Waals surface area contributed by atoms with Crippen molar-refractivity contribution in [2.24, 2.45) is 5.92 Å². The lowest BCUT2D eigenvalue weighted by atomic mass is 9.96. The SMILES string of the molecule is CN(C)CC1CCN(c2cncc(N)n2)CC1. The molecule has 1 aromatic heterocycles. The quantitative estimate of drug-likeness (QED) is 0.841. The molecule has 0 radical (unpaired) electrons. The number of nitrogen functional groups attached to an aromatic ring is 1. The van der Waals surface area contributed by atoms with E-state index in [1.54, 1.807) is 12.4 Å². The molecule has 17 heavy (non-hydrogen) atoms. The summed E-state index contributed by atoms with van der Waals surface area (Å²) in [5, 5.41) is 0. The van der Waals surface area contributed by atoms with E-state index in [1.807, 2.05) is 0 Å². The van der Waals surface area contributed by atoms with Crippen molar-refractivity contribution in [3.63, 3.8) is 0 Å².